The van der Waals surface area contributed by atoms with Crippen LogP contribution >= 0.6 is 11.8 Å². The van der Waals surface area contributed by atoms with E-state index in [9.17, 15) is 0 Å². The second kappa shape index (κ2) is 6.79. The Balaban J connectivity index is 1.19. The second-order valence-corrected chi connectivity index (χ2v) is 8.85. The molecular weight excluding hydrogens is 310 g/mol. The van der Waals surface area contributed by atoms with Crippen LogP contribution in [0.2, 0.25) is 0 Å². The van der Waals surface area contributed by atoms with Crippen LogP contribution in [-0.4, -0.2) is 54.4 Å². The molecule has 1 aromatic rings. The fraction of sp³-hybridized carbons (Fsp3) is 0.778. The smallest absolute Gasteiger partial charge is 0.118 e. The Labute approximate surface area is 142 Å². The van der Waals surface area contributed by atoms with E-state index in [2.05, 4.69) is 28.8 Å². The molecule has 0 aliphatic carbocycles. The van der Waals surface area contributed by atoms with Gasteiger partial charge in [-0.2, -0.15) is 0 Å². The molecule has 23 heavy (non-hydrogen) atoms. The standard InChI is InChI=1S/C18H27NO3S/c1-14-2-3-16(22-14)9-19-12-18(13-19)8-17(11-23-18)21-10-15-4-6-20-7-5-15/h2-3,15,17H,4-13H2,1H3. The van der Waals surface area contributed by atoms with Crippen LogP contribution in [0, 0.1) is 12.8 Å². The summed E-state index contributed by atoms with van der Waals surface area (Å²) in [5.74, 6) is 3.97. The zero-order valence-electron chi connectivity index (χ0n) is 14.0. The van der Waals surface area contributed by atoms with Crippen LogP contribution in [0.1, 0.15) is 30.8 Å². The Kier molecular flexibility index (Phi) is 4.72. The second-order valence-electron chi connectivity index (χ2n) is 7.37. The van der Waals surface area contributed by atoms with E-state index in [4.69, 9.17) is 13.9 Å². The summed E-state index contributed by atoms with van der Waals surface area (Å²) in [7, 11) is 0. The van der Waals surface area contributed by atoms with Crippen LogP contribution < -0.4 is 0 Å². The van der Waals surface area contributed by atoms with Gasteiger partial charge in [0.15, 0.2) is 0 Å². The maximum Gasteiger partial charge on any atom is 0.118 e. The minimum Gasteiger partial charge on any atom is -0.465 e. The third kappa shape index (κ3) is 3.78. The Bertz CT molecular complexity index is 520. The number of furan rings is 1. The average Bonchev–Trinajstić information content (AvgIpc) is 3.13. The Morgan fingerprint density at radius 3 is 2.87 bits per heavy atom. The van der Waals surface area contributed by atoms with E-state index in [0.717, 1.165) is 43.6 Å². The number of aryl methyl sites for hydroxylation is 1. The molecule has 0 N–H and O–H groups in total. The summed E-state index contributed by atoms with van der Waals surface area (Å²) in [6.45, 7) is 8.07. The van der Waals surface area contributed by atoms with Gasteiger partial charge in [-0.3, -0.25) is 4.90 Å². The van der Waals surface area contributed by atoms with Gasteiger partial charge in [0.05, 0.1) is 12.6 Å². The zero-order chi connectivity index (χ0) is 15.7. The summed E-state index contributed by atoms with van der Waals surface area (Å²) in [5, 5.41) is 0. The van der Waals surface area contributed by atoms with Crippen molar-refractivity contribution in [2.45, 2.75) is 43.6 Å². The number of likely N-dealkylation sites (tertiary alicyclic amines) is 1. The van der Waals surface area contributed by atoms with E-state index in [1.165, 1.54) is 32.4 Å². The molecule has 4 rings (SSSR count). The Hall–Kier alpha value is -0.490. The van der Waals surface area contributed by atoms with E-state index in [0.29, 0.717) is 16.8 Å². The first kappa shape index (κ1) is 16.0. The maximum absolute atomic E-state index is 6.22. The van der Waals surface area contributed by atoms with Crippen molar-refractivity contribution >= 4 is 11.8 Å². The molecule has 4 heterocycles. The predicted octanol–water partition coefficient (Wildman–Crippen LogP) is 3.09. The van der Waals surface area contributed by atoms with Gasteiger partial charge < -0.3 is 13.9 Å². The van der Waals surface area contributed by atoms with Gasteiger partial charge in [0.1, 0.15) is 11.5 Å². The minimum absolute atomic E-state index is 0.446. The summed E-state index contributed by atoms with van der Waals surface area (Å²) < 4.78 is 17.8. The van der Waals surface area contributed by atoms with E-state index in [-0.39, 0.29) is 0 Å². The quantitative estimate of drug-likeness (QED) is 0.825. The highest BCUT2D eigenvalue weighted by Crippen LogP contribution is 2.46. The molecule has 0 aromatic carbocycles. The molecule has 3 saturated heterocycles. The van der Waals surface area contributed by atoms with Gasteiger partial charge in [-0.15, -0.1) is 11.8 Å². The number of hydrogen-bond donors (Lipinski definition) is 0. The van der Waals surface area contributed by atoms with Gasteiger partial charge in [-0.05, 0) is 44.2 Å². The molecular formula is C18H27NO3S. The summed E-state index contributed by atoms with van der Waals surface area (Å²) in [6.07, 6.45) is 4.01. The van der Waals surface area contributed by atoms with Crippen molar-refractivity contribution in [3.63, 3.8) is 0 Å². The summed E-state index contributed by atoms with van der Waals surface area (Å²) in [5.41, 5.74) is 0. The van der Waals surface area contributed by atoms with Crippen molar-refractivity contribution < 1.29 is 13.9 Å². The van der Waals surface area contributed by atoms with E-state index >= 15 is 0 Å². The molecule has 3 aliphatic rings. The van der Waals surface area contributed by atoms with Crippen molar-refractivity contribution in [3.05, 3.63) is 23.7 Å². The summed E-state index contributed by atoms with van der Waals surface area (Å²) in [4.78, 5) is 2.49. The fourth-order valence-corrected chi connectivity index (χ4v) is 5.59. The molecule has 0 bridgehead atoms. The lowest BCUT2D eigenvalue weighted by Gasteiger charge is -2.47. The molecule has 0 saturated carbocycles. The van der Waals surface area contributed by atoms with Crippen LogP contribution in [0.4, 0.5) is 0 Å². The first-order valence-electron chi connectivity index (χ1n) is 8.82. The highest BCUT2D eigenvalue weighted by atomic mass is 32.2. The molecule has 1 unspecified atom stereocenters. The van der Waals surface area contributed by atoms with Gasteiger partial charge in [-0.25, -0.2) is 0 Å². The number of rotatable bonds is 5. The zero-order valence-corrected chi connectivity index (χ0v) is 14.8. The molecule has 1 spiro atoms. The van der Waals surface area contributed by atoms with E-state index < -0.39 is 0 Å². The van der Waals surface area contributed by atoms with Crippen LogP contribution in [0.3, 0.4) is 0 Å². The lowest BCUT2D eigenvalue weighted by atomic mass is 9.92. The first-order valence-corrected chi connectivity index (χ1v) is 9.80. The van der Waals surface area contributed by atoms with E-state index in [1.54, 1.807) is 0 Å². The van der Waals surface area contributed by atoms with Gasteiger partial charge in [0.25, 0.3) is 0 Å². The molecule has 4 nitrogen and oxygen atoms in total. The average molecular weight is 337 g/mol. The largest absolute Gasteiger partial charge is 0.465 e. The van der Waals surface area contributed by atoms with Crippen molar-refractivity contribution in [2.24, 2.45) is 5.92 Å². The molecule has 1 atom stereocenters. The van der Waals surface area contributed by atoms with Gasteiger partial charge in [0.2, 0.25) is 0 Å². The van der Waals surface area contributed by atoms with Crippen molar-refractivity contribution in [1.82, 2.24) is 4.90 Å². The number of hydrogen-bond acceptors (Lipinski definition) is 5. The van der Waals surface area contributed by atoms with Crippen molar-refractivity contribution in [1.29, 1.82) is 0 Å². The summed E-state index contributed by atoms with van der Waals surface area (Å²) in [6, 6.07) is 4.15. The van der Waals surface area contributed by atoms with E-state index in [1.807, 2.05) is 6.92 Å². The molecule has 5 heteroatoms. The molecule has 3 aliphatic heterocycles. The van der Waals surface area contributed by atoms with Crippen LogP contribution in [0.5, 0.6) is 0 Å². The number of nitrogens with zero attached hydrogens (tertiary/aromatic N) is 1. The Morgan fingerprint density at radius 2 is 2.13 bits per heavy atom. The summed E-state index contributed by atoms with van der Waals surface area (Å²) >= 11 is 2.12. The Morgan fingerprint density at radius 1 is 1.30 bits per heavy atom. The van der Waals surface area contributed by atoms with Crippen molar-refractivity contribution in [2.75, 3.05) is 38.7 Å². The fourth-order valence-electron chi connectivity index (χ4n) is 3.99. The topological polar surface area (TPSA) is 34.8 Å². The number of ether oxygens (including phenoxy) is 2. The van der Waals surface area contributed by atoms with Gasteiger partial charge in [0, 0.05) is 43.4 Å². The predicted molar refractivity (Wildman–Crippen MR) is 91.8 cm³/mol. The molecule has 128 valence electrons. The van der Waals surface area contributed by atoms with Crippen LogP contribution in [-0.2, 0) is 16.0 Å². The van der Waals surface area contributed by atoms with Crippen molar-refractivity contribution in [3.8, 4) is 0 Å². The molecule has 1 aromatic heterocycles. The van der Waals surface area contributed by atoms with Gasteiger partial charge in [-0.1, -0.05) is 0 Å². The molecule has 0 radical (unpaired) electrons. The normalized spacial score (nSPS) is 28.3. The highest BCUT2D eigenvalue weighted by Gasteiger charge is 2.49. The maximum atomic E-state index is 6.22. The van der Waals surface area contributed by atoms with Gasteiger partial charge >= 0.3 is 0 Å². The monoisotopic (exact) mass is 337 g/mol. The molecule has 3 fully saturated rings. The SMILES string of the molecule is Cc1ccc(CN2CC3(CC(OCC4CCOCC4)CS3)C2)o1. The lowest BCUT2D eigenvalue weighted by molar-refractivity contribution is -0.0137. The number of thioether (sulfide) groups is 1. The lowest BCUT2D eigenvalue weighted by Crippen LogP contribution is -2.58. The first-order chi connectivity index (χ1) is 11.2. The minimum atomic E-state index is 0.446. The van der Waals surface area contributed by atoms with Crippen LogP contribution in [0.25, 0.3) is 0 Å². The van der Waals surface area contributed by atoms with Crippen LogP contribution in [0.15, 0.2) is 16.5 Å². The molecule has 0 amide bonds. The highest BCUT2D eigenvalue weighted by molar-refractivity contribution is 8.01. The third-order valence-corrected chi connectivity index (χ3v) is 6.86. The third-order valence-electron chi connectivity index (χ3n) is 5.28.